The van der Waals surface area contributed by atoms with Gasteiger partial charge in [0.1, 0.15) is 5.82 Å². The first kappa shape index (κ1) is 12.7. The van der Waals surface area contributed by atoms with Crippen LogP contribution in [0.3, 0.4) is 0 Å². The smallest absolute Gasteiger partial charge is 0.225 e. The van der Waals surface area contributed by atoms with Gasteiger partial charge in [0.15, 0.2) is 0 Å². The van der Waals surface area contributed by atoms with Gasteiger partial charge in [0.2, 0.25) is 5.91 Å². The summed E-state index contributed by atoms with van der Waals surface area (Å²) in [6.07, 6.45) is 1.67. The van der Waals surface area contributed by atoms with Crippen LogP contribution in [0.4, 0.5) is 11.5 Å². The van der Waals surface area contributed by atoms with Crippen LogP contribution in [0, 0.1) is 5.92 Å². The van der Waals surface area contributed by atoms with E-state index in [9.17, 15) is 4.79 Å². The van der Waals surface area contributed by atoms with Crippen molar-refractivity contribution in [2.24, 2.45) is 5.92 Å². The molecule has 1 aliphatic rings. The van der Waals surface area contributed by atoms with Crippen LogP contribution in [-0.2, 0) is 4.79 Å². The van der Waals surface area contributed by atoms with Crippen LogP contribution in [0.25, 0.3) is 0 Å². The summed E-state index contributed by atoms with van der Waals surface area (Å²) in [5.41, 5.74) is 6.29. The van der Waals surface area contributed by atoms with Crippen LogP contribution in [0.15, 0.2) is 18.3 Å². The lowest BCUT2D eigenvalue weighted by atomic mass is 10.1. The van der Waals surface area contributed by atoms with Crippen molar-refractivity contribution >= 4 is 17.4 Å². The maximum Gasteiger partial charge on any atom is 0.225 e. The van der Waals surface area contributed by atoms with Crippen LogP contribution >= 0.6 is 0 Å². The number of nitrogens with zero attached hydrogens (tertiary/aromatic N) is 3. The summed E-state index contributed by atoms with van der Waals surface area (Å²) >= 11 is 0. The Bertz CT molecular complexity index is 408. The van der Waals surface area contributed by atoms with Crippen LogP contribution in [0.1, 0.15) is 13.8 Å². The molecule has 2 N–H and O–H groups in total. The second kappa shape index (κ2) is 5.25. The van der Waals surface area contributed by atoms with E-state index in [1.165, 1.54) is 0 Å². The molecule has 0 saturated carbocycles. The minimum atomic E-state index is 0.0752. The van der Waals surface area contributed by atoms with E-state index in [0.29, 0.717) is 5.69 Å². The Hall–Kier alpha value is -1.78. The molecule has 0 aliphatic carbocycles. The summed E-state index contributed by atoms with van der Waals surface area (Å²) in [4.78, 5) is 20.3. The second-order valence-electron chi connectivity index (χ2n) is 4.92. The van der Waals surface area contributed by atoms with Crippen LogP contribution < -0.4 is 10.6 Å². The number of aromatic nitrogens is 1. The summed E-state index contributed by atoms with van der Waals surface area (Å²) in [7, 11) is 0. The second-order valence-corrected chi connectivity index (χ2v) is 4.92. The molecule has 5 nitrogen and oxygen atoms in total. The minimum Gasteiger partial charge on any atom is -0.397 e. The molecule has 0 atom stereocenters. The summed E-state index contributed by atoms with van der Waals surface area (Å²) in [5.74, 6) is 1.24. The summed E-state index contributed by atoms with van der Waals surface area (Å²) in [6, 6.07) is 3.78. The van der Waals surface area contributed by atoms with Crippen molar-refractivity contribution in [2.45, 2.75) is 13.8 Å². The molecule has 0 aromatic carbocycles. The van der Waals surface area contributed by atoms with E-state index < -0.39 is 0 Å². The van der Waals surface area contributed by atoms with Gasteiger partial charge >= 0.3 is 0 Å². The number of anilines is 2. The maximum absolute atomic E-state index is 11.9. The Labute approximate surface area is 108 Å². The number of pyridine rings is 1. The molecule has 0 radical (unpaired) electrons. The molecule has 98 valence electrons. The van der Waals surface area contributed by atoms with E-state index in [0.717, 1.165) is 32.0 Å². The maximum atomic E-state index is 11.9. The average Bonchev–Trinajstić information content (AvgIpc) is 2.39. The predicted molar refractivity (Wildman–Crippen MR) is 72.3 cm³/mol. The first-order valence-electron chi connectivity index (χ1n) is 6.33. The zero-order valence-electron chi connectivity index (χ0n) is 11.0. The highest BCUT2D eigenvalue weighted by molar-refractivity contribution is 5.78. The molecule has 0 bridgehead atoms. The molecule has 1 saturated heterocycles. The Morgan fingerprint density at radius 3 is 2.44 bits per heavy atom. The van der Waals surface area contributed by atoms with Crippen molar-refractivity contribution in [1.82, 2.24) is 9.88 Å². The normalized spacial score (nSPS) is 16.2. The molecule has 0 unspecified atom stereocenters. The number of hydrogen-bond acceptors (Lipinski definition) is 4. The van der Waals surface area contributed by atoms with E-state index in [1.54, 1.807) is 6.20 Å². The zero-order chi connectivity index (χ0) is 13.1. The largest absolute Gasteiger partial charge is 0.397 e. The fraction of sp³-hybridized carbons (Fsp3) is 0.538. The van der Waals surface area contributed by atoms with E-state index in [-0.39, 0.29) is 11.8 Å². The number of hydrogen-bond donors (Lipinski definition) is 1. The molecule has 0 spiro atoms. The van der Waals surface area contributed by atoms with Crippen molar-refractivity contribution in [2.75, 3.05) is 36.8 Å². The van der Waals surface area contributed by atoms with Crippen LogP contribution in [0.5, 0.6) is 0 Å². The topological polar surface area (TPSA) is 62.5 Å². The molecule has 1 aromatic rings. The number of nitrogen functional groups attached to an aromatic ring is 1. The molecule has 5 heteroatoms. The first-order chi connectivity index (χ1) is 8.58. The van der Waals surface area contributed by atoms with Gasteiger partial charge in [-0.2, -0.15) is 0 Å². The predicted octanol–water partition coefficient (Wildman–Crippen LogP) is 0.968. The highest BCUT2D eigenvalue weighted by Crippen LogP contribution is 2.15. The lowest BCUT2D eigenvalue weighted by Crippen LogP contribution is -2.50. The van der Waals surface area contributed by atoms with Crippen molar-refractivity contribution in [3.8, 4) is 0 Å². The molecule has 1 aliphatic heterocycles. The highest BCUT2D eigenvalue weighted by atomic mass is 16.2. The van der Waals surface area contributed by atoms with Gasteiger partial charge in [-0.25, -0.2) is 4.98 Å². The monoisotopic (exact) mass is 248 g/mol. The van der Waals surface area contributed by atoms with E-state index in [2.05, 4.69) is 9.88 Å². The number of nitrogens with two attached hydrogens (primary N) is 1. The highest BCUT2D eigenvalue weighted by Gasteiger charge is 2.23. The van der Waals surface area contributed by atoms with E-state index in [1.807, 2.05) is 30.9 Å². The summed E-state index contributed by atoms with van der Waals surface area (Å²) in [6.45, 7) is 7.07. The number of rotatable bonds is 2. The third kappa shape index (κ3) is 2.72. The van der Waals surface area contributed by atoms with Crippen molar-refractivity contribution in [3.05, 3.63) is 18.3 Å². The third-order valence-corrected chi connectivity index (χ3v) is 3.18. The molecule has 18 heavy (non-hydrogen) atoms. The Morgan fingerprint density at radius 2 is 1.94 bits per heavy atom. The van der Waals surface area contributed by atoms with Crippen molar-refractivity contribution in [1.29, 1.82) is 0 Å². The molecule has 1 amide bonds. The van der Waals surface area contributed by atoms with Gasteiger partial charge in [-0.05, 0) is 12.1 Å². The SMILES string of the molecule is CC(C)C(=O)N1CCN(c2ccc(N)cn2)CC1. The van der Waals surface area contributed by atoms with E-state index >= 15 is 0 Å². The quantitative estimate of drug-likeness (QED) is 0.847. The molecule has 2 rings (SSSR count). The van der Waals surface area contributed by atoms with Crippen LogP contribution in [-0.4, -0.2) is 42.0 Å². The lowest BCUT2D eigenvalue weighted by molar-refractivity contribution is -0.134. The molecular weight excluding hydrogens is 228 g/mol. The standard InChI is InChI=1S/C13H20N4O/c1-10(2)13(18)17-7-5-16(6-8-17)12-4-3-11(14)9-15-12/h3-4,9-10H,5-8,14H2,1-2H3. The van der Waals surface area contributed by atoms with Gasteiger partial charge in [-0.3, -0.25) is 4.79 Å². The lowest BCUT2D eigenvalue weighted by Gasteiger charge is -2.36. The summed E-state index contributed by atoms with van der Waals surface area (Å²) < 4.78 is 0. The number of carbonyl (C=O) groups excluding carboxylic acids is 1. The Kier molecular flexibility index (Phi) is 3.69. The van der Waals surface area contributed by atoms with Gasteiger partial charge in [0.25, 0.3) is 0 Å². The van der Waals surface area contributed by atoms with Gasteiger partial charge < -0.3 is 15.5 Å². The van der Waals surface area contributed by atoms with E-state index in [4.69, 9.17) is 5.73 Å². The van der Waals surface area contributed by atoms with Crippen molar-refractivity contribution in [3.63, 3.8) is 0 Å². The van der Waals surface area contributed by atoms with Gasteiger partial charge in [-0.1, -0.05) is 13.8 Å². The van der Waals surface area contributed by atoms with Gasteiger partial charge in [0.05, 0.1) is 11.9 Å². The fourth-order valence-electron chi connectivity index (χ4n) is 2.11. The first-order valence-corrected chi connectivity index (χ1v) is 6.33. The Balaban J connectivity index is 1.94. The summed E-state index contributed by atoms with van der Waals surface area (Å²) in [5, 5.41) is 0. The number of carbonyl (C=O) groups is 1. The average molecular weight is 248 g/mol. The molecule has 1 aromatic heterocycles. The molecular formula is C13H20N4O. The zero-order valence-corrected chi connectivity index (χ0v) is 11.0. The van der Waals surface area contributed by atoms with Crippen LogP contribution in [0.2, 0.25) is 0 Å². The third-order valence-electron chi connectivity index (χ3n) is 3.18. The number of amides is 1. The molecule has 1 fully saturated rings. The fourth-order valence-corrected chi connectivity index (χ4v) is 2.11. The minimum absolute atomic E-state index is 0.0752. The van der Waals surface area contributed by atoms with Gasteiger partial charge in [0, 0.05) is 32.1 Å². The number of piperazine rings is 1. The van der Waals surface area contributed by atoms with Crippen molar-refractivity contribution < 1.29 is 4.79 Å². The Morgan fingerprint density at radius 1 is 1.28 bits per heavy atom. The molecule has 2 heterocycles. The van der Waals surface area contributed by atoms with Gasteiger partial charge in [-0.15, -0.1) is 0 Å².